The average molecular weight is 418 g/mol. The second-order valence-electron chi connectivity index (χ2n) is 5.76. The van der Waals surface area contributed by atoms with Gasteiger partial charge in [-0.05, 0) is 48.3 Å². The first-order valence-electron chi connectivity index (χ1n) is 8.01. The molecule has 0 spiro atoms. The smallest absolute Gasteiger partial charge is 0.414 e. The van der Waals surface area contributed by atoms with Crippen molar-refractivity contribution in [3.05, 3.63) is 28.7 Å². The summed E-state index contributed by atoms with van der Waals surface area (Å²) >= 11 is 3.49. The van der Waals surface area contributed by atoms with Gasteiger partial charge in [0, 0.05) is 19.6 Å². The van der Waals surface area contributed by atoms with Crippen molar-refractivity contribution in [2.75, 3.05) is 26.2 Å². The van der Waals surface area contributed by atoms with Gasteiger partial charge in [-0.2, -0.15) is 0 Å². The SMILES string of the molecule is CC1CN(CCCOc2ccccc2Br)CC(C)O1.O=C(O)C(=O)O. The first-order valence-corrected chi connectivity index (χ1v) is 8.80. The predicted octanol–water partition coefficient (Wildman–Crippen LogP) is 2.48. The van der Waals surface area contributed by atoms with Crippen molar-refractivity contribution in [3.8, 4) is 5.75 Å². The molecule has 2 rings (SSSR count). The zero-order valence-electron chi connectivity index (χ0n) is 14.4. The highest BCUT2D eigenvalue weighted by Gasteiger charge is 2.21. The molecule has 1 saturated heterocycles. The van der Waals surface area contributed by atoms with Gasteiger partial charge in [0.25, 0.3) is 0 Å². The van der Waals surface area contributed by atoms with Crippen LogP contribution in [0.15, 0.2) is 28.7 Å². The van der Waals surface area contributed by atoms with Gasteiger partial charge in [0.05, 0.1) is 23.3 Å². The molecule has 1 aliphatic rings. The van der Waals surface area contributed by atoms with Crippen LogP contribution in [0.4, 0.5) is 0 Å². The third-order valence-electron chi connectivity index (χ3n) is 3.39. The third kappa shape index (κ3) is 8.85. The fourth-order valence-corrected chi connectivity index (χ4v) is 2.90. The van der Waals surface area contributed by atoms with Crippen molar-refractivity contribution in [2.45, 2.75) is 32.5 Å². The number of halogens is 1. The molecular weight excluding hydrogens is 394 g/mol. The van der Waals surface area contributed by atoms with Crippen LogP contribution in [-0.2, 0) is 14.3 Å². The summed E-state index contributed by atoms with van der Waals surface area (Å²) in [6.07, 6.45) is 1.72. The molecule has 1 aromatic carbocycles. The van der Waals surface area contributed by atoms with Crippen LogP contribution in [0.1, 0.15) is 20.3 Å². The molecule has 2 unspecified atom stereocenters. The molecule has 8 heteroatoms. The van der Waals surface area contributed by atoms with Crippen LogP contribution >= 0.6 is 15.9 Å². The molecule has 0 bridgehead atoms. The fourth-order valence-electron chi connectivity index (χ4n) is 2.50. The molecule has 2 atom stereocenters. The molecule has 7 nitrogen and oxygen atoms in total. The molecule has 25 heavy (non-hydrogen) atoms. The van der Waals surface area contributed by atoms with Crippen LogP contribution < -0.4 is 4.74 Å². The molecule has 1 aliphatic heterocycles. The lowest BCUT2D eigenvalue weighted by molar-refractivity contribution is -0.159. The number of benzene rings is 1. The van der Waals surface area contributed by atoms with E-state index in [0.29, 0.717) is 12.2 Å². The maximum absolute atomic E-state index is 9.10. The van der Waals surface area contributed by atoms with Gasteiger partial charge in [-0.25, -0.2) is 9.59 Å². The summed E-state index contributed by atoms with van der Waals surface area (Å²) in [7, 11) is 0. The number of hydrogen-bond acceptors (Lipinski definition) is 5. The summed E-state index contributed by atoms with van der Waals surface area (Å²) in [5, 5.41) is 14.8. The lowest BCUT2D eigenvalue weighted by atomic mass is 10.2. The highest BCUT2D eigenvalue weighted by Crippen LogP contribution is 2.23. The largest absolute Gasteiger partial charge is 0.492 e. The Morgan fingerprint density at radius 2 is 1.76 bits per heavy atom. The Morgan fingerprint density at radius 3 is 2.28 bits per heavy atom. The number of hydrogen-bond donors (Lipinski definition) is 2. The van der Waals surface area contributed by atoms with Crippen molar-refractivity contribution in [1.29, 1.82) is 0 Å². The van der Waals surface area contributed by atoms with E-state index < -0.39 is 11.9 Å². The first-order chi connectivity index (χ1) is 11.8. The number of carboxylic acids is 2. The van der Waals surface area contributed by atoms with Crippen LogP contribution in [0.5, 0.6) is 5.75 Å². The number of para-hydroxylation sites is 1. The minimum atomic E-state index is -1.82. The molecule has 1 aromatic rings. The quantitative estimate of drug-likeness (QED) is 0.560. The molecule has 1 heterocycles. The molecule has 1 fully saturated rings. The second kappa shape index (κ2) is 11.1. The van der Waals surface area contributed by atoms with E-state index in [2.05, 4.69) is 34.7 Å². The normalized spacial score (nSPS) is 20.3. The van der Waals surface area contributed by atoms with Gasteiger partial charge in [0.15, 0.2) is 0 Å². The molecule has 0 aromatic heterocycles. The summed E-state index contributed by atoms with van der Waals surface area (Å²) in [5.41, 5.74) is 0. The third-order valence-corrected chi connectivity index (χ3v) is 4.05. The highest BCUT2D eigenvalue weighted by atomic mass is 79.9. The van der Waals surface area contributed by atoms with Gasteiger partial charge < -0.3 is 19.7 Å². The van der Waals surface area contributed by atoms with Gasteiger partial charge in [-0.1, -0.05) is 12.1 Å². The molecule has 0 amide bonds. The van der Waals surface area contributed by atoms with Crippen molar-refractivity contribution >= 4 is 27.9 Å². The Morgan fingerprint density at radius 1 is 1.20 bits per heavy atom. The number of morpholine rings is 1. The minimum Gasteiger partial charge on any atom is -0.492 e. The van der Waals surface area contributed by atoms with E-state index in [4.69, 9.17) is 29.3 Å². The van der Waals surface area contributed by atoms with Gasteiger partial charge >= 0.3 is 11.9 Å². The lowest BCUT2D eigenvalue weighted by Gasteiger charge is -2.35. The Kier molecular flexibility index (Phi) is 9.48. The zero-order chi connectivity index (χ0) is 18.8. The molecule has 0 aliphatic carbocycles. The minimum absolute atomic E-state index is 0.341. The number of nitrogens with zero attached hydrogens (tertiary/aromatic N) is 1. The van der Waals surface area contributed by atoms with E-state index >= 15 is 0 Å². The van der Waals surface area contributed by atoms with Crippen LogP contribution in [-0.4, -0.2) is 65.5 Å². The second-order valence-corrected chi connectivity index (χ2v) is 6.61. The molecule has 140 valence electrons. The van der Waals surface area contributed by atoms with Gasteiger partial charge in [0.2, 0.25) is 0 Å². The summed E-state index contributed by atoms with van der Waals surface area (Å²) in [6, 6.07) is 7.97. The Balaban J connectivity index is 0.000000450. The van der Waals surface area contributed by atoms with Crippen LogP contribution in [0.2, 0.25) is 0 Å². The molecule has 0 radical (unpaired) electrons. The van der Waals surface area contributed by atoms with Crippen LogP contribution in [0.3, 0.4) is 0 Å². The highest BCUT2D eigenvalue weighted by molar-refractivity contribution is 9.10. The van der Waals surface area contributed by atoms with Crippen molar-refractivity contribution in [1.82, 2.24) is 4.90 Å². The van der Waals surface area contributed by atoms with Crippen molar-refractivity contribution < 1.29 is 29.3 Å². The van der Waals surface area contributed by atoms with Crippen molar-refractivity contribution in [3.63, 3.8) is 0 Å². The number of carbonyl (C=O) groups is 2. The van der Waals surface area contributed by atoms with E-state index in [-0.39, 0.29) is 0 Å². The van der Waals surface area contributed by atoms with E-state index in [9.17, 15) is 0 Å². The summed E-state index contributed by atoms with van der Waals surface area (Å²) in [4.78, 5) is 20.7. The zero-order valence-corrected chi connectivity index (χ0v) is 15.9. The maximum Gasteiger partial charge on any atom is 0.414 e. The number of carboxylic acid groups (broad SMARTS) is 2. The summed E-state index contributed by atoms with van der Waals surface area (Å²) in [5.74, 6) is -2.73. The molecule has 2 N–H and O–H groups in total. The monoisotopic (exact) mass is 417 g/mol. The standard InChI is InChI=1S/C15H22BrNO2.C2H2O4/c1-12-10-17(11-13(2)19-12)8-5-9-18-15-7-4-3-6-14(15)16;3-1(4)2(5)6/h3-4,6-7,12-13H,5,8-11H2,1-2H3;(H,3,4)(H,5,6). The number of aliphatic carboxylic acids is 2. The van der Waals surface area contributed by atoms with Crippen LogP contribution in [0.25, 0.3) is 0 Å². The van der Waals surface area contributed by atoms with E-state index in [0.717, 1.165) is 42.9 Å². The Labute approximate surface area is 155 Å². The lowest BCUT2D eigenvalue weighted by Crippen LogP contribution is -2.45. The van der Waals surface area contributed by atoms with Gasteiger partial charge in [-0.15, -0.1) is 0 Å². The number of ether oxygens (including phenoxy) is 2. The fraction of sp³-hybridized carbons (Fsp3) is 0.529. The Hall–Kier alpha value is -1.64. The molecular formula is C17H24BrNO6. The predicted molar refractivity (Wildman–Crippen MR) is 96.0 cm³/mol. The van der Waals surface area contributed by atoms with Gasteiger partial charge in [0.1, 0.15) is 5.75 Å². The van der Waals surface area contributed by atoms with E-state index in [1.165, 1.54) is 0 Å². The van der Waals surface area contributed by atoms with Gasteiger partial charge in [-0.3, -0.25) is 4.90 Å². The molecule has 0 saturated carbocycles. The summed E-state index contributed by atoms with van der Waals surface area (Å²) in [6.45, 7) is 8.16. The maximum atomic E-state index is 9.10. The average Bonchev–Trinajstić information content (AvgIpc) is 2.52. The first kappa shape index (κ1) is 21.4. The van der Waals surface area contributed by atoms with E-state index in [1.54, 1.807) is 0 Å². The van der Waals surface area contributed by atoms with Crippen LogP contribution in [0, 0.1) is 0 Å². The number of rotatable bonds is 5. The Bertz CT molecular complexity index is 546. The topological polar surface area (TPSA) is 96.3 Å². The van der Waals surface area contributed by atoms with Crippen molar-refractivity contribution in [2.24, 2.45) is 0 Å². The van der Waals surface area contributed by atoms with E-state index in [1.807, 2.05) is 24.3 Å². The summed E-state index contributed by atoms with van der Waals surface area (Å²) < 4.78 is 12.5.